The van der Waals surface area contributed by atoms with Crippen molar-refractivity contribution in [2.24, 2.45) is 5.73 Å². The Labute approximate surface area is 123 Å². The van der Waals surface area contributed by atoms with Crippen molar-refractivity contribution < 1.29 is 9.18 Å². The number of nitrogens with two attached hydrogens (primary N) is 1. The second kappa shape index (κ2) is 4.97. The van der Waals surface area contributed by atoms with Crippen LogP contribution in [0, 0.1) is 19.7 Å². The number of hydrogen-bond acceptors (Lipinski definition) is 2. The first-order chi connectivity index (χ1) is 10.0. The molecule has 2 aromatic carbocycles. The van der Waals surface area contributed by atoms with Crippen LogP contribution in [-0.4, -0.2) is 11.9 Å². The Morgan fingerprint density at radius 2 is 1.81 bits per heavy atom. The monoisotopic (exact) mass is 284 g/mol. The predicted molar refractivity (Wildman–Crippen MR) is 80.5 cm³/mol. The van der Waals surface area contributed by atoms with Crippen molar-refractivity contribution in [2.45, 2.75) is 25.9 Å². The maximum Gasteiger partial charge on any atom is 0.247 e. The molecule has 1 aliphatic rings. The van der Waals surface area contributed by atoms with Gasteiger partial charge in [-0.05, 0) is 43.2 Å². The molecular formula is C17H17FN2O. The first-order valence-electron chi connectivity index (χ1n) is 6.91. The van der Waals surface area contributed by atoms with Gasteiger partial charge in [-0.3, -0.25) is 4.79 Å². The zero-order chi connectivity index (χ0) is 15.1. The van der Waals surface area contributed by atoms with E-state index in [0.717, 1.165) is 16.8 Å². The molecule has 0 bridgehead atoms. The van der Waals surface area contributed by atoms with E-state index in [1.807, 2.05) is 32.0 Å². The molecule has 0 aliphatic carbocycles. The fraction of sp³-hybridized carbons (Fsp3) is 0.235. The fourth-order valence-corrected chi connectivity index (χ4v) is 2.72. The summed E-state index contributed by atoms with van der Waals surface area (Å²) in [5.41, 5.74) is 9.37. The van der Waals surface area contributed by atoms with Crippen molar-refractivity contribution in [3.8, 4) is 0 Å². The van der Waals surface area contributed by atoms with Crippen molar-refractivity contribution in [1.29, 1.82) is 0 Å². The molecule has 4 heteroatoms. The highest BCUT2D eigenvalue weighted by Crippen LogP contribution is 2.39. The first kappa shape index (κ1) is 13.8. The Bertz CT molecular complexity index is 714. The summed E-state index contributed by atoms with van der Waals surface area (Å²) in [6.07, 6.45) is 0. The minimum absolute atomic E-state index is 0.175. The SMILES string of the molecule is Cc1ccc(N2C(=O)[C@@H](N)[C@@H]2c2ccccc2F)cc1C. The third kappa shape index (κ3) is 2.12. The number of carbonyl (C=O) groups excluding carboxylic acids is 1. The topological polar surface area (TPSA) is 46.3 Å². The van der Waals surface area contributed by atoms with Crippen LogP contribution in [0.5, 0.6) is 0 Å². The molecule has 2 N–H and O–H groups in total. The number of amides is 1. The number of carbonyl (C=O) groups is 1. The molecule has 2 aromatic rings. The van der Waals surface area contributed by atoms with E-state index in [1.54, 1.807) is 23.1 Å². The lowest BCUT2D eigenvalue weighted by Crippen LogP contribution is -2.63. The summed E-state index contributed by atoms with van der Waals surface area (Å²) in [5, 5.41) is 0. The van der Waals surface area contributed by atoms with Crippen molar-refractivity contribution in [3.05, 3.63) is 65.0 Å². The van der Waals surface area contributed by atoms with Gasteiger partial charge in [-0.25, -0.2) is 4.39 Å². The van der Waals surface area contributed by atoms with Crippen LogP contribution in [0.4, 0.5) is 10.1 Å². The summed E-state index contributed by atoms with van der Waals surface area (Å²) < 4.78 is 14.0. The van der Waals surface area contributed by atoms with Crippen molar-refractivity contribution in [3.63, 3.8) is 0 Å². The number of nitrogens with zero attached hydrogens (tertiary/aromatic N) is 1. The van der Waals surface area contributed by atoms with Gasteiger partial charge >= 0.3 is 0 Å². The lowest BCUT2D eigenvalue weighted by molar-refractivity contribution is -0.126. The normalized spacial score (nSPS) is 21.3. The summed E-state index contributed by atoms with van der Waals surface area (Å²) >= 11 is 0. The zero-order valence-corrected chi connectivity index (χ0v) is 12.0. The highest BCUT2D eigenvalue weighted by molar-refractivity contribution is 6.05. The molecule has 1 heterocycles. The number of aryl methyl sites for hydroxylation is 2. The average Bonchev–Trinajstić information content (AvgIpc) is 2.48. The maximum atomic E-state index is 14.0. The number of β-lactam (4-membered cyclic amide) rings is 1. The molecule has 0 spiro atoms. The van der Waals surface area contributed by atoms with Crippen LogP contribution in [0.1, 0.15) is 22.7 Å². The van der Waals surface area contributed by atoms with Gasteiger partial charge in [-0.2, -0.15) is 0 Å². The lowest BCUT2D eigenvalue weighted by Gasteiger charge is -2.45. The van der Waals surface area contributed by atoms with Crippen molar-refractivity contribution in [1.82, 2.24) is 0 Å². The van der Waals surface area contributed by atoms with Crippen molar-refractivity contribution >= 4 is 11.6 Å². The van der Waals surface area contributed by atoms with Gasteiger partial charge in [-0.15, -0.1) is 0 Å². The summed E-state index contributed by atoms with van der Waals surface area (Å²) in [6, 6.07) is 11.1. The van der Waals surface area contributed by atoms with Crippen LogP contribution in [0.2, 0.25) is 0 Å². The molecule has 0 aromatic heterocycles. The largest absolute Gasteiger partial charge is 0.318 e. The minimum Gasteiger partial charge on any atom is -0.318 e. The molecule has 1 amide bonds. The molecule has 108 valence electrons. The Hall–Kier alpha value is -2.20. The molecule has 21 heavy (non-hydrogen) atoms. The number of anilines is 1. The van der Waals surface area contributed by atoms with Gasteiger partial charge in [0.05, 0.1) is 6.04 Å². The molecule has 3 nitrogen and oxygen atoms in total. The van der Waals surface area contributed by atoms with E-state index < -0.39 is 12.1 Å². The highest BCUT2D eigenvalue weighted by atomic mass is 19.1. The molecule has 1 fully saturated rings. The van der Waals surface area contributed by atoms with Crippen molar-refractivity contribution in [2.75, 3.05) is 4.90 Å². The Balaban J connectivity index is 2.02. The molecular weight excluding hydrogens is 267 g/mol. The number of benzene rings is 2. The van der Waals surface area contributed by atoms with Gasteiger partial charge < -0.3 is 10.6 Å². The van der Waals surface area contributed by atoms with Gasteiger partial charge in [0.2, 0.25) is 5.91 Å². The van der Waals surface area contributed by atoms with E-state index in [-0.39, 0.29) is 11.7 Å². The Kier molecular flexibility index (Phi) is 3.26. The predicted octanol–water partition coefficient (Wildman–Crippen LogP) is 2.86. The Morgan fingerprint density at radius 3 is 2.48 bits per heavy atom. The highest BCUT2D eigenvalue weighted by Gasteiger charge is 2.47. The standard InChI is InChI=1S/C17H17FN2O/c1-10-7-8-12(9-11(10)2)20-16(15(19)17(20)21)13-5-3-4-6-14(13)18/h3-9,15-16H,19H2,1-2H3/t15-,16-/m0/s1. The minimum atomic E-state index is -0.691. The second-order valence-electron chi connectivity index (χ2n) is 5.47. The van der Waals surface area contributed by atoms with Crippen LogP contribution in [0.3, 0.4) is 0 Å². The van der Waals surface area contributed by atoms with Crippen LogP contribution in [-0.2, 0) is 4.79 Å². The number of rotatable bonds is 2. The Morgan fingerprint density at radius 1 is 1.10 bits per heavy atom. The van der Waals surface area contributed by atoms with Gasteiger partial charge in [0.25, 0.3) is 0 Å². The second-order valence-corrected chi connectivity index (χ2v) is 5.47. The third-order valence-corrected chi connectivity index (χ3v) is 4.13. The smallest absolute Gasteiger partial charge is 0.247 e. The van der Waals surface area contributed by atoms with Crippen LogP contribution >= 0.6 is 0 Å². The zero-order valence-electron chi connectivity index (χ0n) is 12.0. The van der Waals surface area contributed by atoms with E-state index in [2.05, 4.69) is 0 Å². The van der Waals surface area contributed by atoms with Crippen LogP contribution < -0.4 is 10.6 Å². The van der Waals surface area contributed by atoms with Crippen LogP contribution in [0.15, 0.2) is 42.5 Å². The van der Waals surface area contributed by atoms with E-state index in [1.165, 1.54) is 6.07 Å². The maximum absolute atomic E-state index is 14.0. The van der Waals surface area contributed by atoms with E-state index in [0.29, 0.717) is 5.56 Å². The molecule has 0 radical (unpaired) electrons. The average molecular weight is 284 g/mol. The summed E-state index contributed by atoms with van der Waals surface area (Å²) in [7, 11) is 0. The fourth-order valence-electron chi connectivity index (χ4n) is 2.72. The quantitative estimate of drug-likeness (QED) is 0.862. The third-order valence-electron chi connectivity index (χ3n) is 4.13. The van der Waals surface area contributed by atoms with Gasteiger partial charge in [0, 0.05) is 11.3 Å². The van der Waals surface area contributed by atoms with Gasteiger partial charge in [-0.1, -0.05) is 24.3 Å². The van der Waals surface area contributed by atoms with Crippen LogP contribution in [0.25, 0.3) is 0 Å². The van der Waals surface area contributed by atoms with E-state index in [9.17, 15) is 9.18 Å². The molecule has 1 aliphatic heterocycles. The van der Waals surface area contributed by atoms with E-state index >= 15 is 0 Å². The van der Waals surface area contributed by atoms with E-state index in [4.69, 9.17) is 5.73 Å². The molecule has 0 saturated carbocycles. The summed E-state index contributed by atoms with van der Waals surface area (Å²) in [5.74, 6) is -0.509. The van der Waals surface area contributed by atoms with Gasteiger partial charge in [0.1, 0.15) is 11.9 Å². The molecule has 1 saturated heterocycles. The first-order valence-corrected chi connectivity index (χ1v) is 6.91. The molecule has 0 unspecified atom stereocenters. The van der Waals surface area contributed by atoms with Gasteiger partial charge in [0.15, 0.2) is 0 Å². The molecule has 3 rings (SSSR count). The lowest BCUT2D eigenvalue weighted by atomic mass is 9.87. The summed E-state index contributed by atoms with van der Waals surface area (Å²) in [6.45, 7) is 4.00. The molecule has 2 atom stereocenters. The number of hydrogen-bond donors (Lipinski definition) is 1. The summed E-state index contributed by atoms with van der Waals surface area (Å²) in [4.78, 5) is 13.7. The number of halogens is 1.